The predicted molar refractivity (Wildman–Crippen MR) is 52.8 cm³/mol. The number of aromatic nitrogens is 1. The molecule has 3 nitrogen and oxygen atoms in total. The molecule has 1 fully saturated rings. The highest BCUT2D eigenvalue weighted by molar-refractivity contribution is 7.09. The van der Waals surface area contributed by atoms with Gasteiger partial charge in [0.25, 0.3) is 0 Å². The number of rotatable bonds is 2. The number of aliphatic hydroxyl groups is 1. The normalized spacial score (nSPS) is 24.9. The van der Waals surface area contributed by atoms with Crippen molar-refractivity contribution >= 4 is 11.3 Å². The minimum atomic E-state index is -0.317. The van der Waals surface area contributed by atoms with Crippen LogP contribution in [0.3, 0.4) is 0 Å². The van der Waals surface area contributed by atoms with E-state index in [1.54, 1.807) is 16.8 Å². The van der Waals surface area contributed by atoms with Gasteiger partial charge in [-0.1, -0.05) is 0 Å². The van der Waals surface area contributed by atoms with Crippen LogP contribution in [0.25, 0.3) is 0 Å². The van der Waals surface area contributed by atoms with Crippen molar-refractivity contribution in [1.82, 2.24) is 10.3 Å². The van der Waals surface area contributed by atoms with E-state index in [0.717, 1.165) is 30.1 Å². The van der Waals surface area contributed by atoms with Gasteiger partial charge < -0.3 is 10.4 Å². The molecule has 2 rings (SSSR count). The summed E-state index contributed by atoms with van der Waals surface area (Å²) >= 11 is 1.56. The van der Waals surface area contributed by atoms with Crippen LogP contribution < -0.4 is 5.32 Å². The van der Waals surface area contributed by atoms with E-state index in [0.29, 0.717) is 5.92 Å². The Kier molecular flexibility index (Phi) is 2.62. The zero-order valence-electron chi connectivity index (χ0n) is 7.66. The summed E-state index contributed by atoms with van der Waals surface area (Å²) in [6.07, 6.45) is 0.751. The van der Waals surface area contributed by atoms with Crippen molar-refractivity contribution in [3.05, 3.63) is 16.1 Å². The summed E-state index contributed by atoms with van der Waals surface area (Å²) in [5.41, 5.74) is 2.78. The molecule has 1 saturated heterocycles. The Morgan fingerprint density at radius 2 is 2.62 bits per heavy atom. The van der Waals surface area contributed by atoms with Gasteiger partial charge in [0.1, 0.15) is 0 Å². The Morgan fingerprint density at radius 3 is 3.15 bits per heavy atom. The average Bonchev–Trinajstić information content (AvgIpc) is 2.72. The molecule has 1 aromatic rings. The molecule has 0 amide bonds. The fourth-order valence-electron chi connectivity index (χ4n) is 1.76. The van der Waals surface area contributed by atoms with Crippen molar-refractivity contribution in [2.45, 2.75) is 19.4 Å². The number of thiazole rings is 1. The van der Waals surface area contributed by atoms with Crippen molar-refractivity contribution in [2.75, 3.05) is 13.1 Å². The Hall–Kier alpha value is -0.450. The quantitative estimate of drug-likeness (QED) is 0.748. The van der Waals surface area contributed by atoms with E-state index in [1.807, 2.05) is 6.92 Å². The third-order valence-corrected chi connectivity index (χ3v) is 3.60. The maximum absolute atomic E-state index is 10.0. The third-order valence-electron chi connectivity index (χ3n) is 2.60. The second-order valence-corrected chi connectivity index (χ2v) is 4.39. The molecule has 0 bridgehead atoms. The van der Waals surface area contributed by atoms with Crippen molar-refractivity contribution in [1.29, 1.82) is 0 Å². The number of nitrogens with zero attached hydrogens (tertiary/aromatic N) is 1. The molecular formula is C9H14N2OS. The number of hydrogen-bond acceptors (Lipinski definition) is 4. The Bertz CT molecular complexity index is 281. The minimum Gasteiger partial charge on any atom is -0.387 e. The van der Waals surface area contributed by atoms with E-state index in [4.69, 9.17) is 0 Å². The zero-order valence-corrected chi connectivity index (χ0v) is 8.47. The molecule has 13 heavy (non-hydrogen) atoms. The summed E-state index contributed by atoms with van der Waals surface area (Å²) in [7, 11) is 0. The summed E-state index contributed by atoms with van der Waals surface area (Å²) in [6, 6.07) is 0. The molecular weight excluding hydrogens is 184 g/mol. The maximum Gasteiger partial charge on any atom is 0.0941 e. The number of hydrogen-bond donors (Lipinski definition) is 2. The molecule has 1 aliphatic heterocycles. The van der Waals surface area contributed by atoms with Gasteiger partial charge in [0.2, 0.25) is 0 Å². The molecule has 72 valence electrons. The Labute approximate surface area is 81.8 Å². The lowest BCUT2D eigenvalue weighted by Gasteiger charge is -2.15. The zero-order chi connectivity index (χ0) is 9.26. The predicted octanol–water partition coefficient (Wildman–Crippen LogP) is 1.09. The van der Waals surface area contributed by atoms with Gasteiger partial charge >= 0.3 is 0 Å². The summed E-state index contributed by atoms with van der Waals surface area (Å²) in [5.74, 6) is 0.374. The maximum atomic E-state index is 10.0. The highest BCUT2D eigenvalue weighted by Crippen LogP contribution is 2.30. The molecule has 1 aliphatic rings. The van der Waals surface area contributed by atoms with Crippen LogP contribution in [0.4, 0.5) is 0 Å². The second kappa shape index (κ2) is 3.74. The number of nitrogens with one attached hydrogen (secondary N) is 1. The van der Waals surface area contributed by atoms with Crippen LogP contribution in [0.2, 0.25) is 0 Å². The van der Waals surface area contributed by atoms with Gasteiger partial charge in [-0.2, -0.15) is 0 Å². The van der Waals surface area contributed by atoms with Gasteiger partial charge in [-0.05, 0) is 19.9 Å². The topological polar surface area (TPSA) is 45.2 Å². The standard InChI is InChI=1S/C9H14N2OS/c1-6-9(13-5-11-6)8(12)7-2-3-10-4-7/h5,7-8,10,12H,2-4H2,1H3/t7-,8?/m0/s1. The lowest BCUT2D eigenvalue weighted by atomic mass is 10.00. The molecule has 0 radical (unpaired) electrons. The van der Waals surface area contributed by atoms with E-state index >= 15 is 0 Å². The SMILES string of the molecule is Cc1ncsc1C(O)[C@H]1CCNC1. The average molecular weight is 198 g/mol. The molecule has 4 heteroatoms. The molecule has 1 unspecified atom stereocenters. The third kappa shape index (κ3) is 1.75. The van der Waals surface area contributed by atoms with Crippen LogP contribution in [0, 0.1) is 12.8 Å². The summed E-state index contributed by atoms with van der Waals surface area (Å²) in [4.78, 5) is 5.18. The van der Waals surface area contributed by atoms with Crippen molar-refractivity contribution in [2.24, 2.45) is 5.92 Å². The largest absolute Gasteiger partial charge is 0.387 e. The number of aryl methyl sites for hydroxylation is 1. The summed E-state index contributed by atoms with van der Waals surface area (Å²) in [6.45, 7) is 3.91. The highest BCUT2D eigenvalue weighted by atomic mass is 32.1. The summed E-state index contributed by atoms with van der Waals surface area (Å²) in [5, 5.41) is 13.3. The fourth-order valence-corrected chi connectivity index (χ4v) is 2.63. The van der Waals surface area contributed by atoms with Crippen LogP contribution in [-0.2, 0) is 0 Å². The van der Waals surface area contributed by atoms with Gasteiger partial charge in [-0.15, -0.1) is 11.3 Å². The first-order valence-corrected chi connectivity index (χ1v) is 5.46. The van der Waals surface area contributed by atoms with Crippen molar-refractivity contribution in [3.63, 3.8) is 0 Å². The van der Waals surface area contributed by atoms with E-state index < -0.39 is 0 Å². The van der Waals surface area contributed by atoms with Crippen LogP contribution in [0.5, 0.6) is 0 Å². The van der Waals surface area contributed by atoms with Crippen LogP contribution in [0.1, 0.15) is 23.1 Å². The van der Waals surface area contributed by atoms with Gasteiger partial charge in [0.05, 0.1) is 22.2 Å². The molecule has 1 aromatic heterocycles. The van der Waals surface area contributed by atoms with Crippen LogP contribution in [-0.4, -0.2) is 23.2 Å². The first-order valence-electron chi connectivity index (χ1n) is 4.58. The van der Waals surface area contributed by atoms with E-state index in [-0.39, 0.29) is 6.10 Å². The van der Waals surface area contributed by atoms with Crippen molar-refractivity contribution < 1.29 is 5.11 Å². The highest BCUT2D eigenvalue weighted by Gasteiger charge is 2.26. The fraction of sp³-hybridized carbons (Fsp3) is 0.667. The first kappa shape index (κ1) is 9.12. The molecule has 0 spiro atoms. The first-order chi connectivity index (χ1) is 6.29. The molecule has 0 aliphatic carbocycles. The lowest BCUT2D eigenvalue weighted by molar-refractivity contribution is 0.121. The van der Waals surface area contributed by atoms with Gasteiger partial charge in [0, 0.05) is 12.5 Å². The molecule has 0 aromatic carbocycles. The van der Waals surface area contributed by atoms with Crippen molar-refractivity contribution in [3.8, 4) is 0 Å². The smallest absolute Gasteiger partial charge is 0.0941 e. The van der Waals surface area contributed by atoms with Crippen LogP contribution >= 0.6 is 11.3 Å². The minimum absolute atomic E-state index is 0.317. The Morgan fingerprint density at radius 1 is 1.77 bits per heavy atom. The molecule has 2 heterocycles. The molecule has 2 N–H and O–H groups in total. The van der Waals surface area contributed by atoms with Crippen LogP contribution in [0.15, 0.2) is 5.51 Å². The van der Waals surface area contributed by atoms with Gasteiger partial charge in [-0.3, -0.25) is 0 Å². The second-order valence-electron chi connectivity index (χ2n) is 3.50. The van der Waals surface area contributed by atoms with E-state index in [1.165, 1.54) is 0 Å². The van der Waals surface area contributed by atoms with Gasteiger partial charge in [0.15, 0.2) is 0 Å². The Balaban J connectivity index is 2.12. The lowest BCUT2D eigenvalue weighted by Crippen LogP contribution is -2.15. The summed E-state index contributed by atoms with van der Waals surface area (Å²) < 4.78 is 0. The monoisotopic (exact) mass is 198 g/mol. The van der Waals surface area contributed by atoms with E-state index in [2.05, 4.69) is 10.3 Å². The number of aliphatic hydroxyl groups excluding tert-OH is 1. The molecule has 2 atom stereocenters. The van der Waals surface area contributed by atoms with E-state index in [9.17, 15) is 5.11 Å². The van der Waals surface area contributed by atoms with Gasteiger partial charge in [-0.25, -0.2) is 4.98 Å². The molecule has 0 saturated carbocycles.